The fourth-order valence-corrected chi connectivity index (χ4v) is 3.20. The minimum Gasteiger partial charge on any atom is -0.469 e. The molecule has 106 valence electrons. The summed E-state index contributed by atoms with van der Waals surface area (Å²) in [6, 6.07) is 4.61. The van der Waals surface area contributed by atoms with Crippen molar-refractivity contribution in [3.8, 4) is 0 Å². The third-order valence-electron chi connectivity index (χ3n) is 4.36. The van der Waals surface area contributed by atoms with Gasteiger partial charge in [0, 0.05) is 17.1 Å². The fourth-order valence-electron chi connectivity index (χ4n) is 3.20. The highest BCUT2D eigenvalue weighted by molar-refractivity contribution is 5.85. The number of benzene rings is 1. The van der Waals surface area contributed by atoms with Crippen molar-refractivity contribution in [1.29, 1.82) is 0 Å². The Morgan fingerprint density at radius 2 is 2.00 bits per heavy atom. The van der Waals surface area contributed by atoms with Gasteiger partial charge in [-0.1, -0.05) is 6.92 Å². The molecular weight excluding hydrogens is 250 g/mol. The van der Waals surface area contributed by atoms with Crippen LogP contribution in [0.4, 0.5) is 0 Å². The number of aromatic amines is 1. The smallest absolute Gasteiger partial charge is 0.308 e. The molecule has 1 aromatic heterocycles. The molecule has 0 bridgehead atoms. The topological polar surface area (TPSA) is 42.1 Å². The van der Waals surface area contributed by atoms with E-state index < -0.39 is 0 Å². The van der Waals surface area contributed by atoms with Crippen LogP contribution < -0.4 is 0 Å². The molecule has 1 aromatic carbocycles. The van der Waals surface area contributed by atoms with Gasteiger partial charge in [-0.3, -0.25) is 4.79 Å². The first-order valence-corrected chi connectivity index (χ1v) is 7.38. The monoisotopic (exact) mass is 271 g/mol. The lowest BCUT2D eigenvalue weighted by Gasteiger charge is -2.16. The number of carbonyl (C=O) groups is 1. The zero-order valence-corrected chi connectivity index (χ0v) is 12.2. The lowest BCUT2D eigenvalue weighted by atomic mass is 9.89. The van der Waals surface area contributed by atoms with Crippen molar-refractivity contribution in [3.63, 3.8) is 0 Å². The molecule has 0 saturated heterocycles. The summed E-state index contributed by atoms with van der Waals surface area (Å²) in [6.45, 7) is 1.92. The van der Waals surface area contributed by atoms with Gasteiger partial charge in [-0.05, 0) is 60.9 Å². The summed E-state index contributed by atoms with van der Waals surface area (Å²) in [7, 11) is 1.45. The molecule has 1 unspecified atom stereocenters. The molecule has 1 aliphatic rings. The Hall–Kier alpha value is -1.77. The predicted octanol–water partition coefficient (Wildman–Crippen LogP) is 3.40. The van der Waals surface area contributed by atoms with Crippen LogP contribution in [0.15, 0.2) is 18.3 Å². The lowest BCUT2D eigenvalue weighted by Crippen LogP contribution is -2.14. The lowest BCUT2D eigenvalue weighted by molar-refractivity contribution is -0.144. The van der Waals surface area contributed by atoms with Crippen LogP contribution in [0.3, 0.4) is 0 Å². The van der Waals surface area contributed by atoms with E-state index in [-0.39, 0.29) is 11.9 Å². The molecule has 0 radical (unpaired) electrons. The van der Waals surface area contributed by atoms with Crippen molar-refractivity contribution in [3.05, 3.63) is 35.0 Å². The number of carbonyl (C=O) groups excluding carboxylic acids is 1. The van der Waals surface area contributed by atoms with Gasteiger partial charge in [0.25, 0.3) is 0 Å². The summed E-state index contributed by atoms with van der Waals surface area (Å²) < 4.78 is 4.81. The van der Waals surface area contributed by atoms with Crippen LogP contribution in [-0.2, 0) is 28.8 Å². The van der Waals surface area contributed by atoms with Gasteiger partial charge in [0.15, 0.2) is 0 Å². The molecule has 20 heavy (non-hydrogen) atoms. The maximum Gasteiger partial charge on any atom is 0.308 e. The van der Waals surface area contributed by atoms with Crippen LogP contribution in [0.1, 0.15) is 36.5 Å². The Morgan fingerprint density at radius 3 is 2.70 bits per heavy atom. The maximum atomic E-state index is 11.6. The van der Waals surface area contributed by atoms with E-state index in [9.17, 15) is 4.79 Å². The molecule has 1 N–H and O–H groups in total. The number of aryl methyl sites for hydroxylation is 2. The van der Waals surface area contributed by atoms with Gasteiger partial charge in [-0.2, -0.15) is 0 Å². The van der Waals surface area contributed by atoms with Crippen LogP contribution in [-0.4, -0.2) is 18.1 Å². The molecule has 2 aromatic rings. The van der Waals surface area contributed by atoms with Crippen LogP contribution in [0.5, 0.6) is 0 Å². The molecule has 0 saturated carbocycles. The summed E-state index contributed by atoms with van der Waals surface area (Å²) in [5, 5.41) is 1.27. The fraction of sp³-hybridized carbons (Fsp3) is 0.471. The first kappa shape index (κ1) is 13.2. The van der Waals surface area contributed by atoms with E-state index in [1.165, 1.54) is 60.4 Å². The van der Waals surface area contributed by atoms with Gasteiger partial charge >= 0.3 is 5.97 Å². The molecule has 1 aliphatic carbocycles. The quantitative estimate of drug-likeness (QED) is 0.869. The third kappa shape index (κ3) is 2.33. The SMILES string of the molecule is COC(=O)C(C)Cc1c[nH]c2cc3c(cc12)CCCC3. The molecule has 1 heterocycles. The Balaban J connectivity index is 1.94. The number of aromatic nitrogens is 1. The van der Waals surface area contributed by atoms with Crippen LogP contribution >= 0.6 is 0 Å². The molecule has 3 nitrogen and oxygen atoms in total. The average Bonchev–Trinajstić information content (AvgIpc) is 2.86. The summed E-state index contributed by atoms with van der Waals surface area (Å²) in [4.78, 5) is 14.9. The second-order valence-corrected chi connectivity index (χ2v) is 5.82. The van der Waals surface area contributed by atoms with Gasteiger partial charge in [-0.15, -0.1) is 0 Å². The van der Waals surface area contributed by atoms with Crippen molar-refractivity contribution >= 4 is 16.9 Å². The number of nitrogens with one attached hydrogen (secondary N) is 1. The predicted molar refractivity (Wildman–Crippen MR) is 79.8 cm³/mol. The number of H-pyrrole nitrogens is 1. The second-order valence-electron chi connectivity index (χ2n) is 5.82. The zero-order valence-electron chi connectivity index (χ0n) is 12.2. The van der Waals surface area contributed by atoms with Gasteiger partial charge in [0.05, 0.1) is 13.0 Å². The van der Waals surface area contributed by atoms with Crippen molar-refractivity contribution < 1.29 is 9.53 Å². The molecule has 0 fully saturated rings. The van der Waals surface area contributed by atoms with E-state index >= 15 is 0 Å². The summed E-state index contributed by atoms with van der Waals surface area (Å²) >= 11 is 0. The van der Waals surface area contributed by atoms with Crippen molar-refractivity contribution in [2.45, 2.75) is 39.0 Å². The van der Waals surface area contributed by atoms with Gasteiger partial charge in [0.2, 0.25) is 0 Å². The normalized spacial score (nSPS) is 15.9. The minimum atomic E-state index is -0.141. The van der Waals surface area contributed by atoms with Crippen LogP contribution in [0.2, 0.25) is 0 Å². The van der Waals surface area contributed by atoms with E-state index in [2.05, 4.69) is 17.1 Å². The van der Waals surface area contributed by atoms with E-state index in [4.69, 9.17) is 4.74 Å². The highest BCUT2D eigenvalue weighted by Crippen LogP contribution is 2.29. The largest absolute Gasteiger partial charge is 0.469 e. The number of rotatable bonds is 3. The Morgan fingerprint density at radius 1 is 1.30 bits per heavy atom. The Kier molecular flexibility index (Phi) is 3.51. The molecule has 0 spiro atoms. The number of methoxy groups -OCH3 is 1. The average molecular weight is 271 g/mol. The molecular formula is C17H21NO2. The standard InChI is InChI=1S/C17H21NO2/c1-11(17(19)20-2)7-14-10-18-16-9-13-6-4-3-5-12(13)8-15(14)16/h8-11,18H,3-7H2,1-2H3. The highest BCUT2D eigenvalue weighted by atomic mass is 16.5. The summed E-state index contributed by atoms with van der Waals surface area (Å²) in [5.74, 6) is -0.243. The number of fused-ring (bicyclic) bond motifs is 2. The molecule has 1 atom stereocenters. The number of hydrogen-bond donors (Lipinski definition) is 1. The molecule has 3 rings (SSSR count). The molecule has 3 heteroatoms. The van der Waals surface area contributed by atoms with Gasteiger partial charge in [0.1, 0.15) is 0 Å². The van der Waals surface area contributed by atoms with Gasteiger partial charge < -0.3 is 9.72 Å². The van der Waals surface area contributed by atoms with Crippen LogP contribution in [0.25, 0.3) is 10.9 Å². The van der Waals surface area contributed by atoms with E-state index in [1.54, 1.807) is 0 Å². The zero-order chi connectivity index (χ0) is 14.1. The van der Waals surface area contributed by atoms with Gasteiger partial charge in [-0.25, -0.2) is 0 Å². The van der Waals surface area contributed by atoms with E-state index in [0.717, 1.165) is 6.42 Å². The summed E-state index contributed by atoms with van der Waals surface area (Å²) in [6.07, 6.45) is 7.73. The summed E-state index contributed by atoms with van der Waals surface area (Å²) in [5.41, 5.74) is 5.37. The van der Waals surface area contributed by atoms with Crippen molar-refractivity contribution in [2.75, 3.05) is 7.11 Å². The first-order chi connectivity index (χ1) is 9.69. The molecule has 0 amide bonds. The Bertz CT molecular complexity index is 642. The van der Waals surface area contributed by atoms with E-state index in [1.807, 2.05) is 13.1 Å². The minimum absolute atomic E-state index is 0.102. The maximum absolute atomic E-state index is 11.6. The van der Waals surface area contributed by atoms with Crippen molar-refractivity contribution in [1.82, 2.24) is 4.98 Å². The number of hydrogen-bond acceptors (Lipinski definition) is 2. The second kappa shape index (κ2) is 5.31. The number of esters is 1. The Labute approximate surface area is 119 Å². The first-order valence-electron chi connectivity index (χ1n) is 7.38. The van der Waals surface area contributed by atoms with Crippen molar-refractivity contribution in [2.24, 2.45) is 5.92 Å². The number of ether oxygens (including phenoxy) is 1. The van der Waals surface area contributed by atoms with Crippen LogP contribution in [0, 0.1) is 5.92 Å². The third-order valence-corrected chi connectivity index (χ3v) is 4.36. The van der Waals surface area contributed by atoms with E-state index in [0.29, 0.717) is 0 Å². The highest BCUT2D eigenvalue weighted by Gasteiger charge is 2.17. The molecule has 0 aliphatic heterocycles.